The van der Waals surface area contributed by atoms with E-state index in [4.69, 9.17) is 19.9 Å². The molecule has 6 rings (SSSR count). The number of para-hydroxylation sites is 1. The van der Waals surface area contributed by atoms with Crippen molar-refractivity contribution < 1.29 is 48.1 Å². The van der Waals surface area contributed by atoms with Crippen molar-refractivity contribution in [3.05, 3.63) is 126 Å². The summed E-state index contributed by atoms with van der Waals surface area (Å²) in [5, 5.41) is 19.7. The third kappa shape index (κ3) is 14.2. The molecule has 0 saturated heterocycles. The number of amides is 5. The van der Waals surface area contributed by atoms with E-state index >= 15 is 4.79 Å². The molecule has 1 heterocycles. The number of aromatic nitrogens is 1. The molecule has 1 aliphatic rings. The van der Waals surface area contributed by atoms with Crippen LogP contribution in [0.15, 0.2) is 103 Å². The van der Waals surface area contributed by atoms with E-state index in [-0.39, 0.29) is 38.8 Å². The van der Waals surface area contributed by atoms with Crippen LogP contribution in [0.3, 0.4) is 0 Å². The first kappa shape index (κ1) is 53.2. The van der Waals surface area contributed by atoms with Gasteiger partial charge >= 0.3 is 18.2 Å². The standard InChI is InChI=1S/C55H68N6O10/c1-33(2)47(51(65)66)61(53(68)69-32-42-40-20-11-9-18-38(40)39-19-10-12-21-41(39)42)50(64)45(23-15-16-28-57-52(67)71-55(6,7)8)59-49(63)46(30-35-31-58-44-22-14-13-17-37(35)44)60-48(62)43(56)29-34-24-26-36(27-25-34)70-54(3,4)5/h9-14,17-22,24-27,31,33,42-43,45-47,58H,15-16,23,28-30,32,56H2,1-8H3,(H,57,67)(H,59,63)(H,60,62)(H,65,66)/t43-,45-,46+,47-/m0/s1. The van der Waals surface area contributed by atoms with Crippen molar-refractivity contribution in [1.29, 1.82) is 0 Å². The number of fused-ring (bicyclic) bond motifs is 4. The number of rotatable bonds is 20. The number of imide groups is 1. The fourth-order valence-electron chi connectivity index (χ4n) is 8.78. The summed E-state index contributed by atoms with van der Waals surface area (Å²) in [5.41, 5.74) is 11.4. The molecule has 378 valence electrons. The van der Waals surface area contributed by atoms with E-state index in [1.54, 1.807) is 52.9 Å². The predicted molar refractivity (Wildman–Crippen MR) is 271 cm³/mol. The van der Waals surface area contributed by atoms with Crippen molar-refractivity contribution in [2.75, 3.05) is 13.2 Å². The monoisotopic (exact) mass is 972 g/mol. The maximum absolute atomic E-state index is 15.1. The van der Waals surface area contributed by atoms with Crippen LogP contribution in [0, 0.1) is 5.92 Å². The van der Waals surface area contributed by atoms with Gasteiger partial charge < -0.3 is 46.0 Å². The van der Waals surface area contributed by atoms with Crippen molar-refractivity contribution in [3.8, 4) is 16.9 Å². The predicted octanol–water partition coefficient (Wildman–Crippen LogP) is 8.01. The van der Waals surface area contributed by atoms with Crippen LogP contribution in [-0.2, 0) is 41.5 Å². The highest BCUT2D eigenvalue weighted by atomic mass is 16.6. The topological polar surface area (TPSA) is 231 Å². The molecule has 0 bridgehead atoms. The molecule has 0 fully saturated rings. The first-order valence-electron chi connectivity index (χ1n) is 24.2. The number of hydrogen-bond donors (Lipinski definition) is 6. The fourth-order valence-corrected chi connectivity index (χ4v) is 8.78. The molecule has 16 heteroatoms. The quantitative estimate of drug-likeness (QED) is 0.0409. The average molecular weight is 973 g/mol. The molecule has 7 N–H and O–H groups in total. The summed E-state index contributed by atoms with van der Waals surface area (Å²) in [4.78, 5) is 87.6. The number of unbranched alkanes of at least 4 members (excludes halogenated alkanes) is 1. The molecule has 5 aromatic rings. The Kier molecular flexibility index (Phi) is 17.3. The fraction of sp³-hybridized carbons (Fsp3) is 0.418. The van der Waals surface area contributed by atoms with Gasteiger partial charge in [-0.2, -0.15) is 0 Å². The van der Waals surface area contributed by atoms with Crippen molar-refractivity contribution in [2.24, 2.45) is 11.7 Å². The van der Waals surface area contributed by atoms with E-state index in [2.05, 4.69) is 20.9 Å². The number of H-pyrrole nitrogens is 1. The van der Waals surface area contributed by atoms with E-state index in [1.165, 1.54) is 0 Å². The third-order valence-electron chi connectivity index (χ3n) is 12.0. The number of nitrogens with zero attached hydrogens (tertiary/aromatic N) is 1. The molecule has 1 aromatic heterocycles. The highest BCUT2D eigenvalue weighted by molar-refractivity contribution is 6.01. The molecule has 0 saturated carbocycles. The Morgan fingerprint density at radius 3 is 1.96 bits per heavy atom. The second-order valence-electron chi connectivity index (χ2n) is 20.3. The van der Waals surface area contributed by atoms with Crippen LogP contribution in [0.5, 0.6) is 5.75 Å². The number of nitrogens with two attached hydrogens (primary N) is 1. The second-order valence-corrected chi connectivity index (χ2v) is 20.3. The lowest BCUT2D eigenvalue weighted by Gasteiger charge is -2.33. The highest BCUT2D eigenvalue weighted by Gasteiger charge is 2.43. The number of alkyl carbamates (subject to hydrolysis) is 1. The lowest BCUT2D eigenvalue weighted by Crippen LogP contribution is -2.60. The minimum atomic E-state index is -1.69. The summed E-state index contributed by atoms with van der Waals surface area (Å²) >= 11 is 0. The van der Waals surface area contributed by atoms with Crippen molar-refractivity contribution >= 4 is 46.8 Å². The van der Waals surface area contributed by atoms with E-state index in [0.717, 1.165) is 38.7 Å². The van der Waals surface area contributed by atoms with Crippen LogP contribution >= 0.6 is 0 Å². The van der Waals surface area contributed by atoms with Gasteiger partial charge in [-0.05, 0) is 125 Å². The maximum Gasteiger partial charge on any atom is 0.417 e. The molecule has 1 aliphatic carbocycles. The van der Waals surface area contributed by atoms with Gasteiger partial charge in [-0.3, -0.25) is 14.4 Å². The third-order valence-corrected chi connectivity index (χ3v) is 12.0. The number of ether oxygens (including phenoxy) is 3. The Bertz CT molecular complexity index is 2640. The van der Waals surface area contributed by atoms with Gasteiger partial charge in [0.05, 0.1) is 6.04 Å². The molecule has 4 atom stereocenters. The number of carbonyl (C=O) groups is 6. The second kappa shape index (κ2) is 23.1. The van der Waals surface area contributed by atoms with Crippen molar-refractivity contribution in [2.45, 2.75) is 129 Å². The number of hydrogen-bond acceptors (Lipinski definition) is 10. The van der Waals surface area contributed by atoms with Crippen LogP contribution in [-0.4, -0.2) is 99.4 Å². The van der Waals surface area contributed by atoms with Gasteiger partial charge in [0, 0.05) is 36.0 Å². The number of nitrogens with one attached hydrogen (secondary N) is 4. The lowest BCUT2D eigenvalue weighted by atomic mass is 9.98. The molecular weight excluding hydrogens is 905 g/mol. The van der Waals surface area contributed by atoms with E-state index in [1.807, 2.05) is 106 Å². The average Bonchev–Trinajstić information content (AvgIpc) is 3.86. The van der Waals surface area contributed by atoms with Gasteiger partial charge in [0.25, 0.3) is 5.91 Å². The van der Waals surface area contributed by atoms with Crippen LogP contribution in [0.25, 0.3) is 22.0 Å². The minimum Gasteiger partial charge on any atom is -0.488 e. The van der Waals surface area contributed by atoms with Gasteiger partial charge in [-0.25, -0.2) is 19.3 Å². The molecule has 0 radical (unpaired) electrons. The van der Waals surface area contributed by atoms with Crippen LogP contribution in [0.4, 0.5) is 9.59 Å². The minimum absolute atomic E-state index is 0.0340. The highest BCUT2D eigenvalue weighted by Crippen LogP contribution is 2.44. The summed E-state index contributed by atoms with van der Waals surface area (Å²) in [6.07, 6.45) is 0.421. The molecule has 0 spiro atoms. The number of carbonyl (C=O) groups excluding carboxylic acids is 5. The first-order chi connectivity index (χ1) is 33.6. The Labute approximate surface area is 415 Å². The zero-order valence-corrected chi connectivity index (χ0v) is 41.9. The van der Waals surface area contributed by atoms with Gasteiger partial charge in [0.1, 0.15) is 41.7 Å². The van der Waals surface area contributed by atoms with Gasteiger partial charge in [0.15, 0.2) is 0 Å². The number of carboxylic acids is 1. The van der Waals surface area contributed by atoms with E-state index in [9.17, 15) is 29.1 Å². The van der Waals surface area contributed by atoms with Crippen LogP contribution in [0.2, 0.25) is 0 Å². The molecular formula is C55H68N6O10. The Morgan fingerprint density at radius 1 is 0.746 bits per heavy atom. The maximum atomic E-state index is 15.1. The number of benzene rings is 4. The SMILES string of the molecule is CC(C)[C@@H](C(=O)O)N(C(=O)OCC1c2ccccc2-c2ccccc21)C(=O)[C@H](CCCCNC(=O)OC(C)(C)C)NC(=O)[C@@H](Cc1c[nH]c2ccccc12)NC(=O)[C@@H](N)Cc1ccc(OC(C)(C)C)cc1. The zero-order chi connectivity index (χ0) is 51.6. The Hall–Kier alpha value is -7.20. The van der Waals surface area contributed by atoms with Gasteiger partial charge in [0.2, 0.25) is 11.8 Å². The lowest BCUT2D eigenvalue weighted by molar-refractivity contribution is -0.152. The Morgan fingerprint density at radius 2 is 1.35 bits per heavy atom. The van der Waals surface area contributed by atoms with Crippen LogP contribution < -0.4 is 26.4 Å². The van der Waals surface area contributed by atoms with Crippen LogP contribution in [0.1, 0.15) is 103 Å². The number of aromatic amines is 1. The first-order valence-corrected chi connectivity index (χ1v) is 24.2. The van der Waals surface area contributed by atoms with Gasteiger partial charge in [-0.15, -0.1) is 0 Å². The molecule has 4 aromatic carbocycles. The molecule has 71 heavy (non-hydrogen) atoms. The summed E-state index contributed by atoms with van der Waals surface area (Å²) in [6.45, 7) is 14.1. The number of carboxylic acid groups (broad SMARTS) is 1. The van der Waals surface area contributed by atoms with Crippen molar-refractivity contribution in [3.63, 3.8) is 0 Å². The van der Waals surface area contributed by atoms with Crippen molar-refractivity contribution in [1.82, 2.24) is 25.8 Å². The molecule has 0 aliphatic heterocycles. The van der Waals surface area contributed by atoms with E-state index < -0.39 is 83.1 Å². The molecule has 16 nitrogen and oxygen atoms in total. The normalized spacial score (nSPS) is 14.1. The summed E-state index contributed by atoms with van der Waals surface area (Å²) < 4.78 is 17.2. The number of aliphatic carboxylic acids is 1. The Balaban J connectivity index is 1.28. The van der Waals surface area contributed by atoms with Gasteiger partial charge in [-0.1, -0.05) is 92.7 Å². The summed E-state index contributed by atoms with van der Waals surface area (Å²) in [7, 11) is 0. The molecule has 5 amide bonds. The largest absolute Gasteiger partial charge is 0.488 e. The zero-order valence-electron chi connectivity index (χ0n) is 41.9. The smallest absolute Gasteiger partial charge is 0.417 e. The summed E-state index contributed by atoms with van der Waals surface area (Å²) in [5.74, 6) is -4.44. The summed E-state index contributed by atoms with van der Waals surface area (Å²) in [6, 6.07) is 24.5. The van der Waals surface area contributed by atoms with E-state index in [0.29, 0.717) is 22.6 Å². The molecule has 0 unspecified atom stereocenters.